The van der Waals surface area contributed by atoms with Gasteiger partial charge in [0.25, 0.3) is 0 Å². The first-order valence-electron chi connectivity index (χ1n) is 6.68. The number of benzene rings is 1. The van der Waals surface area contributed by atoms with Crippen LogP contribution in [0.4, 0.5) is 5.69 Å². The molecule has 0 fully saturated rings. The van der Waals surface area contributed by atoms with Gasteiger partial charge in [-0.1, -0.05) is 26.7 Å². The van der Waals surface area contributed by atoms with Crippen LogP contribution >= 0.6 is 0 Å². The summed E-state index contributed by atoms with van der Waals surface area (Å²) in [4.78, 5) is 0. The maximum Gasteiger partial charge on any atom is 0.119 e. The lowest BCUT2D eigenvalue weighted by atomic mass is 9.76. The molecule has 0 radical (unpaired) electrons. The lowest BCUT2D eigenvalue weighted by Gasteiger charge is -2.28. The molecule has 0 bridgehead atoms. The summed E-state index contributed by atoms with van der Waals surface area (Å²) >= 11 is 0. The Labute approximate surface area is 104 Å². The first-order valence-corrected chi connectivity index (χ1v) is 6.68. The van der Waals surface area contributed by atoms with E-state index in [1.807, 2.05) is 6.07 Å². The second kappa shape index (κ2) is 4.99. The zero-order valence-corrected chi connectivity index (χ0v) is 11.2. The van der Waals surface area contributed by atoms with Gasteiger partial charge in [0.15, 0.2) is 0 Å². The highest BCUT2D eigenvalue weighted by molar-refractivity contribution is 5.62. The van der Waals surface area contributed by atoms with Crippen LogP contribution in [-0.4, -0.2) is 13.7 Å². The summed E-state index contributed by atoms with van der Waals surface area (Å²) in [6.45, 7) is 5.64. The number of hydrogen-bond acceptors (Lipinski definition) is 2. The molecule has 0 saturated heterocycles. The highest BCUT2D eigenvalue weighted by Gasteiger charge is 2.36. The summed E-state index contributed by atoms with van der Waals surface area (Å²) in [7, 11) is 1.74. The van der Waals surface area contributed by atoms with Gasteiger partial charge in [-0.25, -0.2) is 0 Å². The average molecular weight is 233 g/mol. The van der Waals surface area contributed by atoms with Gasteiger partial charge in [0, 0.05) is 17.6 Å². The SMILES string of the molecule is CCCCC1(CC)CNc2ccc(OC)cc21. The molecule has 0 aromatic heterocycles. The number of rotatable bonds is 5. The summed E-state index contributed by atoms with van der Waals surface area (Å²) in [6.07, 6.45) is 5.03. The monoisotopic (exact) mass is 233 g/mol. The van der Waals surface area contributed by atoms with Crippen molar-refractivity contribution in [3.63, 3.8) is 0 Å². The predicted octanol–water partition coefficient (Wildman–Crippen LogP) is 3.96. The second-order valence-electron chi connectivity index (χ2n) is 5.00. The Balaban J connectivity index is 2.34. The average Bonchev–Trinajstić information content (AvgIpc) is 2.75. The molecule has 2 nitrogen and oxygen atoms in total. The maximum absolute atomic E-state index is 5.35. The first-order chi connectivity index (χ1) is 8.25. The molecule has 0 spiro atoms. The molecule has 0 amide bonds. The normalized spacial score (nSPS) is 22.1. The quantitative estimate of drug-likeness (QED) is 0.831. The number of unbranched alkanes of at least 4 members (excludes halogenated alkanes) is 1. The smallest absolute Gasteiger partial charge is 0.119 e. The van der Waals surface area contributed by atoms with Crippen LogP contribution in [0.2, 0.25) is 0 Å². The fourth-order valence-electron chi connectivity index (χ4n) is 2.83. The molecule has 2 heteroatoms. The second-order valence-corrected chi connectivity index (χ2v) is 5.00. The molecule has 17 heavy (non-hydrogen) atoms. The summed E-state index contributed by atoms with van der Waals surface area (Å²) in [5, 5.41) is 3.55. The van der Waals surface area contributed by atoms with Crippen LogP contribution in [-0.2, 0) is 5.41 Å². The van der Waals surface area contributed by atoms with Crippen molar-refractivity contribution in [3.05, 3.63) is 23.8 Å². The molecule has 94 valence electrons. The fraction of sp³-hybridized carbons (Fsp3) is 0.600. The van der Waals surface area contributed by atoms with E-state index in [2.05, 4.69) is 31.3 Å². The van der Waals surface area contributed by atoms with Gasteiger partial charge in [0.1, 0.15) is 5.75 Å². The standard InChI is InChI=1S/C15H23NO/c1-4-6-9-15(5-2)11-16-14-8-7-12(17-3)10-13(14)15/h7-8,10,16H,4-6,9,11H2,1-3H3. The van der Waals surface area contributed by atoms with Gasteiger partial charge < -0.3 is 10.1 Å². The Morgan fingerprint density at radius 2 is 2.18 bits per heavy atom. The molecule has 1 N–H and O–H groups in total. The van der Waals surface area contributed by atoms with Gasteiger partial charge in [0.05, 0.1) is 7.11 Å². The minimum atomic E-state index is 0.319. The van der Waals surface area contributed by atoms with E-state index >= 15 is 0 Å². The van der Waals surface area contributed by atoms with Crippen LogP contribution in [0.1, 0.15) is 45.1 Å². The number of anilines is 1. The lowest BCUT2D eigenvalue weighted by molar-refractivity contribution is 0.393. The van der Waals surface area contributed by atoms with E-state index in [0.717, 1.165) is 12.3 Å². The van der Waals surface area contributed by atoms with Crippen LogP contribution in [0.5, 0.6) is 5.75 Å². The van der Waals surface area contributed by atoms with Crippen molar-refractivity contribution in [2.24, 2.45) is 0 Å². The molecule has 1 unspecified atom stereocenters. The molecule has 1 aromatic carbocycles. The molecule has 1 atom stereocenters. The Morgan fingerprint density at radius 3 is 2.82 bits per heavy atom. The minimum absolute atomic E-state index is 0.319. The topological polar surface area (TPSA) is 21.3 Å². The number of methoxy groups -OCH3 is 1. The van der Waals surface area contributed by atoms with E-state index in [4.69, 9.17) is 4.74 Å². The van der Waals surface area contributed by atoms with E-state index in [0.29, 0.717) is 5.41 Å². The zero-order chi connectivity index (χ0) is 12.3. The van der Waals surface area contributed by atoms with Crippen LogP contribution in [0, 0.1) is 0 Å². The molecule has 1 aromatic rings. The Hall–Kier alpha value is -1.18. The van der Waals surface area contributed by atoms with Gasteiger partial charge in [-0.05, 0) is 36.6 Å². The summed E-state index contributed by atoms with van der Waals surface area (Å²) in [5.74, 6) is 0.974. The van der Waals surface area contributed by atoms with Crippen LogP contribution in [0.25, 0.3) is 0 Å². The summed E-state index contributed by atoms with van der Waals surface area (Å²) in [5.41, 5.74) is 3.07. The van der Waals surface area contributed by atoms with Gasteiger partial charge in [-0.15, -0.1) is 0 Å². The third kappa shape index (κ3) is 2.13. The van der Waals surface area contributed by atoms with Crippen LogP contribution in [0.15, 0.2) is 18.2 Å². The minimum Gasteiger partial charge on any atom is -0.497 e. The van der Waals surface area contributed by atoms with Crippen molar-refractivity contribution in [1.29, 1.82) is 0 Å². The van der Waals surface area contributed by atoms with Crippen molar-refractivity contribution >= 4 is 5.69 Å². The molecular weight excluding hydrogens is 210 g/mol. The molecule has 1 heterocycles. The van der Waals surface area contributed by atoms with E-state index in [1.54, 1.807) is 7.11 Å². The van der Waals surface area contributed by atoms with E-state index in [-0.39, 0.29) is 0 Å². The molecule has 0 aliphatic carbocycles. The Kier molecular flexibility index (Phi) is 3.60. The van der Waals surface area contributed by atoms with Crippen molar-refractivity contribution in [2.45, 2.75) is 44.9 Å². The maximum atomic E-state index is 5.35. The van der Waals surface area contributed by atoms with Crippen LogP contribution in [0.3, 0.4) is 0 Å². The van der Waals surface area contributed by atoms with Crippen molar-refractivity contribution in [3.8, 4) is 5.75 Å². The molecular formula is C15H23NO. The van der Waals surface area contributed by atoms with Gasteiger partial charge >= 0.3 is 0 Å². The third-order valence-corrected chi connectivity index (χ3v) is 4.10. The van der Waals surface area contributed by atoms with Crippen molar-refractivity contribution in [2.75, 3.05) is 19.0 Å². The Morgan fingerprint density at radius 1 is 1.35 bits per heavy atom. The summed E-state index contributed by atoms with van der Waals surface area (Å²) < 4.78 is 5.35. The highest BCUT2D eigenvalue weighted by atomic mass is 16.5. The van der Waals surface area contributed by atoms with Crippen LogP contribution < -0.4 is 10.1 Å². The largest absolute Gasteiger partial charge is 0.497 e. The van der Waals surface area contributed by atoms with Gasteiger partial charge in [0.2, 0.25) is 0 Å². The van der Waals surface area contributed by atoms with E-state index < -0.39 is 0 Å². The lowest BCUT2D eigenvalue weighted by Crippen LogP contribution is -2.27. The zero-order valence-electron chi connectivity index (χ0n) is 11.2. The molecule has 1 aliphatic rings. The van der Waals surface area contributed by atoms with Crippen molar-refractivity contribution < 1.29 is 4.74 Å². The van der Waals surface area contributed by atoms with E-state index in [9.17, 15) is 0 Å². The predicted molar refractivity (Wildman–Crippen MR) is 73.0 cm³/mol. The molecule has 0 saturated carbocycles. The number of nitrogens with one attached hydrogen (secondary N) is 1. The number of ether oxygens (including phenoxy) is 1. The first kappa shape index (κ1) is 12.3. The molecule has 2 rings (SSSR count). The molecule has 1 aliphatic heterocycles. The highest BCUT2D eigenvalue weighted by Crippen LogP contribution is 2.44. The van der Waals surface area contributed by atoms with E-state index in [1.165, 1.54) is 36.9 Å². The number of hydrogen-bond donors (Lipinski definition) is 1. The van der Waals surface area contributed by atoms with Gasteiger partial charge in [-0.3, -0.25) is 0 Å². The summed E-state index contributed by atoms with van der Waals surface area (Å²) in [6, 6.07) is 6.41. The van der Waals surface area contributed by atoms with Crippen molar-refractivity contribution in [1.82, 2.24) is 0 Å². The van der Waals surface area contributed by atoms with Gasteiger partial charge in [-0.2, -0.15) is 0 Å². The Bertz CT molecular complexity index is 389. The number of fused-ring (bicyclic) bond motifs is 1. The third-order valence-electron chi connectivity index (χ3n) is 4.10. The fourth-order valence-corrected chi connectivity index (χ4v) is 2.83.